The molecule has 1 heterocycles. The van der Waals surface area contributed by atoms with Crippen molar-refractivity contribution < 1.29 is 14.3 Å². The van der Waals surface area contributed by atoms with Crippen molar-refractivity contribution in [3.63, 3.8) is 0 Å². The molecule has 0 bridgehead atoms. The summed E-state index contributed by atoms with van der Waals surface area (Å²) in [5.41, 5.74) is 4.11. The average Bonchev–Trinajstić information content (AvgIpc) is 3.00. The second kappa shape index (κ2) is 6.87. The van der Waals surface area contributed by atoms with Gasteiger partial charge in [0.15, 0.2) is 5.78 Å². The predicted octanol–water partition coefficient (Wildman–Crippen LogP) is 5.58. The van der Waals surface area contributed by atoms with Crippen molar-refractivity contribution in [3.8, 4) is 5.75 Å². The van der Waals surface area contributed by atoms with Crippen LogP contribution in [0, 0.1) is 3.57 Å². The highest BCUT2D eigenvalue weighted by Crippen LogP contribution is 2.39. The number of ketones is 1. The molecular weight excluding hydrogens is 441 g/mol. The Bertz CT molecular complexity index is 1030. The number of benzene rings is 2. The van der Waals surface area contributed by atoms with Crippen LogP contribution in [-0.2, 0) is 12.8 Å². The summed E-state index contributed by atoms with van der Waals surface area (Å²) in [4.78, 5) is 15.9. The number of aryl methyl sites for hydroxylation is 2. The third-order valence-corrected chi connectivity index (χ3v) is 5.65. The summed E-state index contributed by atoms with van der Waals surface area (Å²) in [6, 6.07) is 9.03. The van der Waals surface area contributed by atoms with Gasteiger partial charge in [0, 0.05) is 34.7 Å². The van der Waals surface area contributed by atoms with Gasteiger partial charge in [-0.1, -0.05) is 0 Å². The Balaban J connectivity index is 1.81. The second-order valence-corrected chi connectivity index (χ2v) is 7.73. The maximum atomic E-state index is 11.4. The molecule has 0 spiro atoms. The van der Waals surface area contributed by atoms with Gasteiger partial charge in [-0.25, -0.2) is 0 Å². The maximum absolute atomic E-state index is 11.4. The van der Waals surface area contributed by atoms with Crippen LogP contribution in [0.4, 0.5) is 5.69 Å². The molecule has 1 N–H and O–H groups in total. The summed E-state index contributed by atoms with van der Waals surface area (Å²) in [6.45, 7) is 1.54. The molecule has 1 aromatic heterocycles. The van der Waals surface area contributed by atoms with Gasteiger partial charge in [-0.3, -0.25) is 9.79 Å². The SMILES string of the molecule is CC(=O)c1ccc(N=Cc2c(O)c(I)cc3oc4c(c23)CCCC4)cc1. The number of aliphatic imine (C=N–C) groups is 1. The van der Waals surface area contributed by atoms with Crippen molar-refractivity contribution in [2.24, 2.45) is 4.99 Å². The van der Waals surface area contributed by atoms with Crippen LogP contribution >= 0.6 is 22.6 Å². The molecule has 1 aliphatic rings. The molecule has 1 aliphatic carbocycles. The van der Waals surface area contributed by atoms with Crippen LogP contribution in [0.5, 0.6) is 5.75 Å². The number of aromatic hydroxyl groups is 1. The van der Waals surface area contributed by atoms with Gasteiger partial charge in [0.25, 0.3) is 0 Å². The minimum Gasteiger partial charge on any atom is -0.506 e. The third-order valence-electron chi connectivity index (χ3n) is 4.82. The van der Waals surface area contributed by atoms with Crippen LogP contribution in [0.3, 0.4) is 0 Å². The Kier molecular flexibility index (Phi) is 4.56. The van der Waals surface area contributed by atoms with E-state index < -0.39 is 0 Å². The summed E-state index contributed by atoms with van der Waals surface area (Å²) in [5, 5.41) is 11.6. The number of phenolic OH excluding ortho intramolecular Hbond substituents is 1. The quantitative estimate of drug-likeness (QED) is 0.316. The normalized spacial score (nSPS) is 14.1. The van der Waals surface area contributed by atoms with E-state index in [2.05, 4.69) is 27.6 Å². The van der Waals surface area contributed by atoms with Crippen LogP contribution < -0.4 is 0 Å². The van der Waals surface area contributed by atoms with E-state index in [0.717, 1.165) is 51.7 Å². The molecule has 132 valence electrons. The second-order valence-electron chi connectivity index (χ2n) is 6.57. The van der Waals surface area contributed by atoms with Crippen molar-refractivity contribution in [2.75, 3.05) is 0 Å². The fourth-order valence-electron chi connectivity index (χ4n) is 3.46. The molecule has 0 fully saturated rings. The first-order valence-corrected chi connectivity index (χ1v) is 9.73. The van der Waals surface area contributed by atoms with Crippen LogP contribution in [0.1, 0.15) is 47.0 Å². The molecule has 4 rings (SSSR count). The predicted molar refractivity (Wildman–Crippen MR) is 111 cm³/mol. The van der Waals surface area contributed by atoms with Gasteiger partial charge in [-0.15, -0.1) is 0 Å². The summed E-state index contributed by atoms with van der Waals surface area (Å²) in [6.07, 6.45) is 5.90. The smallest absolute Gasteiger partial charge is 0.159 e. The van der Waals surface area contributed by atoms with E-state index in [9.17, 15) is 9.90 Å². The highest BCUT2D eigenvalue weighted by atomic mass is 127. The number of nitrogens with zero attached hydrogens (tertiary/aromatic N) is 1. The number of Topliss-reactive ketones (excluding diaryl/α,β-unsaturated/α-hetero) is 1. The van der Waals surface area contributed by atoms with E-state index in [1.807, 2.05) is 6.07 Å². The topological polar surface area (TPSA) is 62.8 Å². The van der Waals surface area contributed by atoms with E-state index >= 15 is 0 Å². The van der Waals surface area contributed by atoms with E-state index in [1.54, 1.807) is 37.4 Å². The number of hydrogen-bond donors (Lipinski definition) is 1. The Labute approximate surface area is 165 Å². The number of furan rings is 1. The first-order valence-electron chi connectivity index (χ1n) is 8.65. The number of phenols is 1. The van der Waals surface area contributed by atoms with Gasteiger partial charge in [-0.05, 0) is 79.1 Å². The minimum absolute atomic E-state index is 0.0301. The number of carbonyl (C=O) groups excluding carboxylic acids is 1. The molecule has 2 aromatic carbocycles. The molecule has 0 amide bonds. The third kappa shape index (κ3) is 3.05. The highest BCUT2D eigenvalue weighted by molar-refractivity contribution is 14.1. The summed E-state index contributed by atoms with van der Waals surface area (Å²) in [7, 11) is 0. The summed E-state index contributed by atoms with van der Waals surface area (Å²) in [5.74, 6) is 1.30. The lowest BCUT2D eigenvalue weighted by Crippen LogP contribution is -2.00. The van der Waals surface area contributed by atoms with Crippen LogP contribution in [0.25, 0.3) is 11.0 Å². The van der Waals surface area contributed by atoms with Crippen LogP contribution in [0.15, 0.2) is 39.7 Å². The van der Waals surface area contributed by atoms with Gasteiger partial charge in [-0.2, -0.15) is 0 Å². The van der Waals surface area contributed by atoms with Crippen molar-refractivity contribution in [3.05, 3.63) is 56.4 Å². The van der Waals surface area contributed by atoms with Crippen molar-refractivity contribution >= 4 is 51.2 Å². The molecule has 0 saturated heterocycles. The zero-order valence-electron chi connectivity index (χ0n) is 14.4. The zero-order valence-corrected chi connectivity index (χ0v) is 16.5. The van der Waals surface area contributed by atoms with E-state index in [1.165, 1.54) is 5.56 Å². The number of fused-ring (bicyclic) bond motifs is 3. The van der Waals surface area contributed by atoms with E-state index in [0.29, 0.717) is 11.1 Å². The average molecular weight is 459 g/mol. The fraction of sp³-hybridized carbons (Fsp3) is 0.238. The molecule has 0 atom stereocenters. The van der Waals surface area contributed by atoms with Gasteiger partial charge in [0.05, 0.1) is 9.26 Å². The molecule has 5 heteroatoms. The summed E-state index contributed by atoms with van der Waals surface area (Å²) < 4.78 is 6.79. The number of halogens is 1. The fourth-order valence-corrected chi connectivity index (χ4v) is 4.03. The number of carbonyl (C=O) groups is 1. The monoisotopic (exact) mass is 459 g/mol. The van der Waals surface area contributed by atoms with Gasteiger partial charge in [0.2, 0.25) is 0 Å². The maximum Gasteiger partial charge on any atom is 0.159 e. The van der Waals surface area contributed by atoms with E-state index in [4.69, 9.17) is 4.42 Å². The molecule has 0 saturated carbocycles. The molecule has 4 nitrogen and oxygen atoms in total. The Morgan fingerprint density at radius 3 is 2.69 bits per heavy atom. The molecule has 3 aromatic rings. The lowest BCUT2D eigenvalue weighted by molar-refractivity contribution is 0.101. The van der Waals surface area contributed by atoms with Crippen molar-refractivity contribution in [2.45, 2.75) is 32.6 Å². The largest absolute Gasteiger partial charge is 0.506 e. The van der Waals surface area contributed by atoms with Crippen molar-refractivity contribution in [1.29, 1.82) is 0 Å². The van der Waals surface area contributed by atoms with Crippen LogP contribution in [0.2, 0.25) is 0 Å². The van der Waals surface area contributed by atoms with E-state index in [-0.39, 0.29) is 11.5 Å². The first kappa shape index (κ1) is 17.3. The van der Waals surface area contributed by atoms with Gasteiger partial charge >= 0.3 is 0 Å². The summed E-state index contributed by atoms with van der Waals surface area (Å²) >= 11 is 2.12. The number of hydrogen-bond acceptors (Lipinski definition) is 4. The lowest BCUT2D eigenvalue weighted by Gasteiger charge is -2.10. The molecule has 26 heavy (non-hydrogen) atoms. The molecule has 0 unspecified atom stereocenters. The standard InChI is InChI=1S/C21H18INO3/c1-12(24)13-6-8-14(9-7-13)23-11-16-20-15-4-2-3-5-18(15)26-19(20)10-17(22)21(16)25/h6-11,25H,2-5H2,1H3. The van der Waals surface area contributed by atoms with Gasteiger partial charge in [0.1, 0.15) is 17.1 Å². The molecule has 0 aliphatic heterocycles. The zero-order chi connectivity index (χ0) is 18.3. The molecule has 0 radical (unpaired) electrons. The minimum atomic E-state index is 0.0301. The Morgan fingerprint density at radius 1 is 1.23 bits per heavy atom. The Hall–Kier alpha value is -2.15. The molecular formula is C21H18INO3. The Morgan fingerprint density at radius 2 is 1.96 bits per heavy atom. The lowest BCUT2D eigenvalue weighted by atomic mass is 9.94. The number of rotatable bonds is 3. The van der Waals surface area contributed by atoms with Gasteiger partial charge < -0.3 is 9.52 Å². The van der Waals surface area contributed by atoms with Crippen molar-refractivity contribution in [1.82, 2.24) is 0 Å². The van der Waals surface area contributed by atoms with Crippen LogP contribution in [-0.4, -0.2) is 17.1 Å². The first-order chi connectivity index (χ1) is 12.5. The highest BCUT2D eigenvalue weighted by Gasteiger charge is 2.22.